The van der Waals surface area contributed by atoms with Gasteiger partial charge in [-0.1, -0.05) is 11.6 Å². The first-order chi connectivity index (χ1) is 14.1. The maximum atomic E-state index is 14.7. The summed E-state index contributed by atoms with van der Waals surface area (Å²) in [5, 5.41) is 3.28. The van der Waals surface area contributed by atoms with Crippen LogP contribution in [0.15, 0.2) is 42.6 Å². The maximum Gasteiger partial charge on any atom is 0.324 e. The number of nitrogens with zero attached hydrogens (tertiary/aromatic N) is 4. The van der Waals surface area contributed by atoms with E-state index in [1.54, 1.807) is 23.2 Å². The number of pyridine rings is 1. The molecule has 1 atom stereocenters. The van der Waals surface area contributed by atoms with Crippen molar-refractivity contribution in [3.05, 3.63) is 47.6 Å². The third-order valence-electron chi connectivity index (χ3n) is 5.46. The van der Waals surface area contributed by atoms with E-state index in [2.05, 4.69) is 15.2 Å². The number of carbonyl (C=O) groups is 1. The van der Waals surface area contributed by atoms with Crippen LogP contribution in [0.5, 0.6) is 0 Å². The number of urea groups is 1. The summed E-state index contributed by atoms with van der Waals surface area (Å²) in [6.07, 6.45) is 3.91. The Kier molecular flexibility index (Phi) is 6.04. The predicted molar refractivity (Wildman–Crippen MR) is 115 cm³/mol. The number of carbonyl (C=O) groups excluding carboxylic acids is 1. The van der Waals surface area contributed by atoms with Crippen molar-refractivity contribution in [1.29, 1.82) is 0 Å². The van der Waals surface area contributed by atoms with Crippen LogP contribution in [0, 0.1) is 0 Å². The molecule has 0 aliphatic carbocycles. The summed E-state index contributed by atoms with van der Waals surface area (Å²) in [5.41, 5.74) is 1.82. The minimum Gasteiger partial charge on any atom is -0.372 e. The van der Waals surface area contributed by atoms with Crippen LogP contribution in [0.1, 0.15) is 19.3 Å². The average molecular weight is 418 g/mol. The highest BCUT2D eigenvalue weighted by molar-refractivity contribution is 6.32. The third kappa shape index (κ3) is 4.56. The van der Waals surface area contributed by atoms with E-state index in [0.717, 1.165) is 18.8 Å². The number of alkyl halides is 1. The summed E-state index contributed by atoms with van der Waals surface area (Å²) in [5.74, 6) is 0.546. The van der Waals surface area contributed by atoms with E-state index in [1.165, 1.54) is 24.2 Å². The monoisotopic (exact) mass is 417 g/mol. The van der Waals surface area contributed by atoms with Gasteiger partial charge >= 0.3 is 6.03 Å². The molecule has 3 heterocycles. The van der Waals surface area contributed by atoms with E-state index in [9.17, 15) is 9.18 Å². The second-order valence-corrected chi connectivity index (χ2v) is 7.81. The molecule has 1 N–H and O–H groups in total. The van der Waals surface area contributed by atoms with Crippen LogP contribution in [-0.2, 0) is 0 Å². The Bertz CT molecular complexity index is 843. The smallest absolute Gasteiger partial charge is 0.324 e. The molecule has 154 valence electrons. The highest BCUT2D eigenvalue weighted by Gasteiger charge is 2.31. The Morgan fingerprint density at radius 2 is 1.79 bits per heavy atom. The lowest BCUT2D eigenvalue weighted by molar-refractivity contribution is 0.103. The van der Waals surface area contributed by atoms with Crippen LogP contribution in [0.3, 0.4) is 0 Å². The molecular weight excluding hydrogens is 393 g/mol. The van der Waals surface area contributed by atoms with Gasteiger partial charge in [0, 0.05) is 43.8 Å². The number of piperazine rings is 1. The zero-order chi connectivity index (χ0) is 20.2. The van der Waals surface area contributed by atoms with Crippen molar-refractivity contribution in [1.82, 2.24) is 9.88 Å². The first-order valence-electron chi connectivity index (χ1n) is 10.0. The first-order valence-corrected chi connectivity index (χ1v) is 10.4. The molecule has 29 heavy (non-hydrogen) atoms. The summed E-state index contributed by atoms with van der Waals surface area (Å²) in [7, 11) is 0. The number of aromatic nitrogens is 1. The lowest BCUT2D eigenvalue weighted by Gasteiger charge is -2.38. The second kappa shape index (κ2) is 8.86. The molecule has 4 rings (SSSR count). The first kappa shape index (κ1) is 19.8. The van der Waals surface area contributed by atoms with E-state index in [-0.39, 0.29) is 13.1 Å². The van der Waals surface area contributed by atoms with Crippen LogP contribution in [0.2, 0.25) is 5.02 Å². The molecule has 1 aromatic carbocycles. The van der Waals surface area contributed by atoms with E-state index in [0.29, 0.717) is 23.1 Å². The van der Waals surface area contributed by atoms with Crippen LogP contribution in [0.4, 0.5) is 26.4 Å². The summed E-state index contributed by atoms with van der Waals surface area (Å²) in [6, 6.07) is 10.8. The van der Waals surface area contributed by atoms with Crippen LogP contribution in [0.25, 0.3) is 0 Å². The number of benzene rings is 1. The van der Waals surface area contributed by atoms with Crippen LogP contribution >= 0.6 is 11.6 Å². The Balaban J connectivity index is 1.35. The number of piperidine rings is 1. The molecule has 0 bridgehead atoms. The molecule has 8 heteroatoms. The van der Waals surface area contributed by atoms with Gasteiger partial charge in [0.15, 0.2) is 6.30 Å². The minimum atomic E-state index is -1.44. The van der Waals surface area contributed by atoms with Gasteiger partial charge < -0.3 is 15.1 Å². The topological polar surface area (TPSA) is 51.7 Å². The van der Waals surface area contributed by atoms with Crippen molar-refractivity contribution in [2.24, 2.45) is 0 Å². The van der Waals surface area contributed by atoms with Crippen molar-refractivity contribution in [2.45, 2.75) is 25.6 Å². The zero-order valence-corrected chi connectivity index (χ0v) is 17.0. The molecule has 2 aliphatic heterocycles. The quantitative estimate of drug-likeness (QED) is 0.753. The van der Waals surface area contributed by atoms with Gasteiger partial charge in [-0.05, 0) is 55.7 Å². The molecule has 6 nitrogen and oxygen atoms in total. The standard InChI is InChI=1S/C21H25ClFN5O/c22-18-5-4-10-24-20(18)27-13-14-28(19(23)15-27)21(29)25-16-6-8-17(9-7-16)26-11-2-1-3-12-26/h4-10,19H,1-3,11-15H2,(H,25,29)/t19-/m1/s1. The Morgan fingerprint density at radius 3 is 2.48 bits per heavy atom. The van der Waals surface area contributed by atoms with Crippen LogP contribution in [-0.4, -0.2) is 54.9 Å². The van der Waals surface area contributed by atoms with Crippen molar-refractivity contribution < 1.29 is 9.18 Å². The van der Waals surface area contributed by atoms with Crippen molar-refractivity contribution in [3.8, 4) is 0 Å². The molecule has 0 unspecified atom stereocenters. The van der Waals surface area contributed by atoms with Gasteiger partial charge in [-0.3, -0.25) is 4.90 Å². The highest BCUT2D eigenvalue weighted by Crippen LogP contribution is 2.26. The van der Waals surface area contributed by atoms with Gasteiger partial charge in [-0.15, -0.1) is 0 Å². The van der Waals surface area contributed by atoms with Crippen LogP contribution < -0.4 is 15.1 Å². The molecule has 0 spiro atoms. The molecule has 0 saturated carbocycles. The maximum absolute atomic E-state index is 14.7. The fraction of sp³-hybridized carbons (Fsp3) is 0.429. The molecule has 0 radical (unpaired) electrons. The van der Waals surface area contributed by atoms with Gasteiger partial charge in [0.25, 0.3) is 0 Å². The predicted octanol–water partition coefficient (Wildman–Crippen LogP) is 4.38. The van der Waals surface area contributed by atoms with Gasteiger partial charge in [-0.2, -0.15) is 0 Å². The van der Waals surface area contributed by atoms with E-state index in [1.807, 2.05) is 24.3 Å². The molecule has 2 amide bonds. The van der Waals surface area contributed by atoms with Crippen molar-refractivity contribution in [2.75, 3.05) is 47.8 Å². The van der Waals surface area contributed by atoms with Gasteiger partial charge in [0.2, 0.25) is 0 Å². The SMILES string of the molecule is O=C(Nc1ccc(N2CCCCC2)cc1)N1CCN(c2ncccc2Cl)C[C@@H]1F. The second-order valence-electron chi connectivity index (χ2n) is 7.41. The number of anilines is 3. The Hall–Kier alpha value is -2.54. The minimum absolute atomic E-state index is 0.0397. The molecule has 2 fully saturated rings. The number of halogens is 2. The van der Waals surface area contributed by atoms with E-state index >= 15 is 0 Å². The Labute approximate surface area is 175 Å². The summed E-state index contributed by atoms with van der Waals surface area (Å²) < 4.78 is 14.7. The largest absolute Gasteiger partial charge is 0.372 e. The molecule has 2 aliphatic rings. The normalized spacial score (nSPS) is 19.9. The lowest BCUT2D eigenvalue weighted by Crippen LogP contribution is -2.54. The lowest BCUT2D eigenvalue weighted by atomic mass is 10.1. The molecule has 2 aromatic rings. The summed E-state index contributed by atoms with van der Waals surface area (Å²) in [6.45, 7) is 2.90. The molecule has 2 saturated heterocycles. The zero-order valence-electron chi connectivity index (χ0n) is 16.2. The Morgan fingerprint density at radius 1 is 1.03 bits per heavy atom. The van der Waals surface area contributed by atoms with Gasteiger partial charge in [0.1, 0.15) is 5.82 Å². The van der Waals surface area contributed by atoms with Crippen molar-refractivity contribution >= 4 is 34.8 Å². The summed E-state index contributed by atoms with van der Waals surface area (Å²) >= 11 is 6.16. The van der Waals surface area contributed by atoms with Crippen molar-refractivity contribution in [3.63, 3.8) is 0 Å². The van der Waals surface area contributed by atoms with Gasteiger partial charge in [-0.25, -0.2) is 14.2 Å². The number of hydrogen-bond acceptors (Lipinski definition) is 4. The fourth-order valence-electron chi connectivity index (χ4n) is 3.87. The third-order valence-corrected chi connectivity index (χ3v) is 5.75. The number of nitrogens with one attached hydrogen (secondary N) is 1. The van der Waals surface area contributed by atoms with E-state index < -0.39 is 12.3 Å². The number of hydrogen-bond donors (Lipinski definition) is 1. The van der Waals surface area contributed by atoms with E-state index in [4.69, 9.17) is 11.6 Å². The average Bonchev–Trinajstić information content (AvgIpc) is 2.75. The fourth-order valence-corrected chi connectivity index (χ4v) is 4.12. The summed E-state index contributed by atoms with van der Waals surface area (Å²) in [4.78, 5) is 22.1. The number of amides is 2. The molecular formula is C21H25ClFN5O. The van der Waals surface area contributed by atoms with Gasteiger partial charge in [0.05, 0.1) is 11.6 Å². The molecule has 1 aromatic heterocycles. The number of rotatable bonds is 3. The highest BCUT2D eigenvalue weighted by atomic mass is 35.5.